The minimum Gasteiger partial charge on any atom is -0.496 e. The number of aromatic nitrogens is 3. The van der Waals surface area contributed by atoms with Crippen molar-refractivity contribution in [1.29, 1.82) is 0 Å². The van der Waals surface area contributed by atoms with Gasteiger partial charge in [0.25, 0.3) is 0 Å². The van der Waals surface area contributed by atoms with Gasteiger partial charge in [0.05, 0.1) is 19.9 Å². The molecule has 0 saturated heterocycles. The number of hydrogen-bond acceptors (Lipinski definition) is 7. The first-order valence-electron chi connectivity index (χ1n) is 11.1. The molecule has 0 radical (unpaired) electrons. The van der Waals surface area contributed by atoms with Crippen molar-refractivity contribution in [2.45, 2.75) is 33.2 Å². The first kappa shape index (κ1) is 23.5. The van der Waals surface area contributed by atoms with Gasteiger partial charge in [-0.2, -0.15) is 0 Å². The minimum absolute atomic E-state index is 0.0209. The molecule has 1 aromatic carbocycles. The van der Waals surface area contributed by atoms with Crippen LogP contribution >= 0.6 is 0 Å². The van der Waals surface area contributed by atoms with E-state index >= 15 is 0 Å². The summed E-state index contributed by atoms with van der Waals surface area (Å²) < 4.78 is 12.6. The normalized spacial score (nSPS) is 14.7. The molecule has 1 aliphatic heterocycles. The van der Waals surface area contributed by atoms with Crippen molar-refractivity contribution in [3.8, 4) is 28.1 Å². The Bertz CT molecular complexity index is 1300. The Balaban J connectivity index is 1.93. The lowest BCUT2D eigenvalue weighted by Crippen LogP contribution is -2.33. The van der Waals surface area contributed by atoms with Gasteiger partial charge in [-0.3, -0.25) is 4.79 Å². The number of nitrogens with zero attached hydrogens (tertiary/aromatic N) is 4. The number of carbonyl (C=O) groups is 1. The first-order chi connectivity index (χ1) is 16.0. The summed E-state index contributed by atoms with van der Waals surface area (Å²) in [5.41, 5.74) is 4.02. The third-order valence-corrected chi connectivity index (χ3v) is 6.28. The number of hydrogen-bond donors (Lipinski definition) is 0. The molecular weight excluding hydrogens is 432 g/mol. The van der Waals surface area contributed by atoms with Crippen molar-refractivity contribution in [3.63, 3.8) is 0 Å². The van der Waals surface area contributed by atoms with E-state index in [1.807, 2.05) is 29.6 Å². The fourth-order valence-corrected chi connectivity index (χ4v) is 4.43. The second-order valence-electron chi connectivity index (χ2n) is 9.80. The maximum Gasteiger partial charge on any atom is 0.343 e. The van der Waals surface area contributed by atoms with Gasteiger partial charge in [-0.05, 0) is 29.5 Å². The zero-order chi connectivity index (χ0) is 24.8. The Labute approximate surface area is 199 Å². The van der Waals surface area contributed by atoms with Crippen LogP contribution in [0.1, 0.15) is 42.7 Å². The highest BCUT2D eigenvalue weighted by Crippen LogP contribution is 2.45. The quantitative estimate of drug-likeness (QED) is 0.542. The fraction of sp³-hybridized carbons (Fsp3) is 0.385. The molecule has 3 heterocycles. The van der Waals surface area contributed by atoms with E-state index in [9.17, 15) is 9.59 Å². The average molecular weight is 463 g/mol. The van der Waals surface area contributed by atoms with Crippen molar-refractivity contribution in [3.05, 3.63) is 58.1 Å². The monoisotopic (exact) mass is 462 g/mol. The van der Waals surface area contributed by atoms with Gasteiger partial charge in [-0.15, -0.1) is 0 Å². The standard InChI is InChI=1S/C26H30N4O4/c1-26(2,3)23-9-15-8-18(16-12-27-25(28-13-16)29(4)5)22(33-6)10-17(15)20-11-21(31)19(14-30(20)23)24(32)34-7/h8,10-14,23H,9H2,1-7H3. The summed E-state index contributed by atoms with van der Waals surface area (Å²) in [5.74, 6) is 0.654. The zero-order valence-corrected chi connectivity index (χ0v) is 20.7. The van der Waals surface area contributed by atoms with Crippen molar-refractivity contribution >= 4 is 11.9 Å². The highest BCUT2D eigenvalue weighted by Gasteiger charge is 2.34. The summed E-state index contributed by atoms with van der Waals surface area (Å²) >= 11 is 0. The lowest BCUT2D eigenvalue weighted by atomic mass is 9.78. The van der Waals surface area contributed by atoms with E-state index in [1.54, 1.807) is 25.7 Å². The number of anilines is 1. The van der Waals surface area contributed by atoms with E-state index in [-0.39, 0.29) is 22.4 Å². The van der Waals surface area contributed by atoms with E-state index in [4.69, 9.17) is 9.47 Å². The third kappa shape index (κ3) is 4.04. The smallest absolute Gasteiger partial charge is 0.343 e. The number of rotatable bonds is 4. The number of ether oxygens (including phenoxy) is 2. The maximum absolute atomic E-state index is 12.8. The van der Waals surface area contributed by atoms with Crippen LogP contribution in [0.25, 0.3) is 22.4 Å². The molecule has 0 fully saturated rings. The van der Waals surface area contributed by atoms with Crippen LogP contribution < -0.4 is 15.1 Å². The number of pyridine rings is 1. The molecule has 8 nitrogen and oxygen atoms in total. The molecule has 2 aromatic heterocycles. The molecule has 3 aromatic rings. The zero-order valence-electron chi connectivity index (χ0n) is 20.7. The largest absolute Gasteiger partial charge is 0.496 e. The van der Waals surface area contributed by atoms with E-state index in [0.717, 1.165) is 34.4 Å². The molecule has 8 heteroatoms. The summed E-state index contributed by atoms with van der Waals surface area (Å²) in [7, 11) is 6.69. The average Bonchev–Trinajstić information content (AvgIpc) is 2.81. The molecule has 178 valence electrons. The van der Waals surface area contributed by atoms with E-state index in [2.05, 4.69) is 36.8 Å². The number of fused-ring (bicyclic) bond motifs is 3. The molecule has 0 aliphatic carbocycles. The Morgan fingerprint density at radius 2 is 1.76 bits per heavy atom. The van der Waals surface area contributed by atoms with Crippen LogP contribution in [0.15, 0.2) is 41.6 Å². The molecule has 0 N–H and O–H groups in total. The van der Waals surface area contributed by atoms with Gasteiger partial charge < -0.3 is 18.9 Å². The lowest BCUT2D eigenvalue weighted by Gasteiger charge is -2.39. The molecule has 34 heavy (non-hydrogen) atoms. The van der Waals surface area contributed by atoms with Gasteiger partial charge in [0.15, 0.2) is 5.43 Å². The Morgan fingerprint density at radius 3 is 2.32 bits per heavy atom. The van der Waals surface area contributed by atoms with E-state index in [0.29, 0.717) is 11.7 Å². The van der Waals surface area contributed by atoms with Gasteiger partial charge in [-0.1, -0.05) is 20.8 Å². The maximum atomic E-state index is 12.8. The van der Waals surface area contributed by atoms with E-state index < -0.39 is 5.97 Å². The highest BCUT2D eigenvalue weighted by molar-refractivity contribution is 5.89. The topological polar surface area (TPSA) is 86.5 Å². The van der Waals surface area contributed by atoms with Crippen LogP contribution in [-0.2, 0) is 11.2 Å². The third-order valence-electron chi connectivity index (χ3n) is 6.28. The van der Waals surface area contributed by atoms with Gasteiger partial charge in [0, 0.05) is 61.5 Å². The first-order valence-corrected chi connectivity index (χ1v) is 11.1. The van der Waals surface area contributed by atoms with Crippen LogP contribution in [-0.4, -0.2) is 48.8 Å². The predicted octanol–water partition coefficient (Wildman–Crippen LogP) is 3.98. The van der Waals surface area contributed by atoms with Crippen LogP contribution in [0.3, 0.4) is 0 Å². The summed E-state index contributed by atoms with van der Waals surface area (Å²) in [6.07, 6.45) is 5.94. The second kappa shape index (κ2) is 8.59. The second-order valence-corrected chi connectivity index (χ2v) is 9.80. The summed E-state index contributed by atoms with van der Waals surface area (Å²) in [4.78, 5) is 35.8. The van der Waals surface area contributed by atoms with Gasteiger partial charge >= 0.3 is 5.97 Å². The SMILES string of the molecule is COC(=O)c1cn2c(cc1=O)-c1cc(OC)c(-c3cnc(N(C)C)nc3)cc1CC2C(C)(C)C. The molecule has 4 rings (SSSR count). The Hall–Kier alpha value is -3.68. The molecule has 0 saturated carbocycles. The van der Waals surface area contributed by atoms with Crippen molar-refractivity contribution < 1.29 is 14.3 Å². The van der Waals surface area contributed by atoms with Crippen LogP contribution in [0.4, 0.5) is 5.95 Å². The molecule has 0 bridgehead atoms. The molecule has 1 unspecified atom stereocenters. The van der Waals surface area contributed by atoms with Crippen LogP contribution in [0, 0.1) is 5.41 Å². The minimum atomic E-state index is -0.632. The highest BCUT2D eigenvalue weighted by atomic mass is 16.5. The Morgan fingerprint density at radius 1 is 1.09 bits per heavy atom. The summed E-state index contributed by atoms with van der Waals surface area (Å²) in [6.45, 7) is 6.46. The fourth-order valence-electron chi connectivity index (χ4n) is 4.43. The summed E-state index contributed by atoms with van der Waals surface area (Å²) in [6, 6.07) is 5.60. The van der Waals surface area contributed by atoms with Crippen LogP contribution in [0.5, 0.6) is 5.75 Å². The lowest BCUT2D eigenvalue weighted by molar-refractivity contribution is 0.0597. The molecular formula is C26H30N4O4. The number of benzene rings is 1. The molecule has 1 atom stereocenters. The predicted molar refractivity (Wildman–Crippen MR) is 132 cm³/mol. The van der Waals surface area contributed by atoms with Gasteiger partial charge in [0.1, 0.15) is 11.3 Å². The molecule has 1 aliphatic rings. The molecule has 0 amide bonds. The van der Waals surface area contributed by atoms with Crippen molar-refractivity contribution in [2.24, 2.45) is 5.41 Å². The van der Waals surface area contributed by atoms with Crippen molar-refractivity contribution in [2.75, 3.05) is 33.2 Å². The molecule has 0 spiro atoms. The van der Waals surface area contributed by atoms with Gasteiger partial charge in [0.2, 0.25) is 5.95 Å². The van der Waals surface area contributed by atoms with Crippen molar-refractivity contribution in [1.82, 2.24) is 14.5 Å². The number of methoxy groups -OCH3 is 2. The number of carbonyl (C=O) groups excluding carboxylic acids is 1. The Kier molecular flexibility index (Phi) is 5.93. The van der Waals surface area contributed by atoms with E-state index in [1.165, 1.54) is 13.2 Å². The summed E-state index contributed by atoms with van der Waals surface area (Å²) in [5, 5.41) is 0. The van der Waals surface area contributed by atoms with Crippen LogP contribution in [0.2, 0.25) is 0 Å². The van der Waals surface area contributed by atoms with Gasteiger partial charge in [-0.25, -0.2) is 14.8 Å². The number of esters is 1.